The van der Waals surface area contributed by atoms with E-state index in [0.29, 0.717) is 11.3 Å². The predicted molar refractivity (Wildman–Crippen MR) is 78.0 cm³/mol. The molecule has 0 bridgehead atoms. The van der Waals surface area contributed by atoms with Crippen LogP contribution >= 0.6 is 0 Å². The molecule has 1 aliphatic rings. The average Bonchev–Trinajstić information content (AvgIpc) is 2.30. The molecule has 0 nitrogen and oxygen atoms in total. The maximum Gasteiger partial charge on any atom is -0.00588 e. The van der Waals surface area contributed by atoms with Crippen molar-refractivity contribution < 1.29 is 0 Å². The molecule has 0 saturated heterocycles. The fourth-order valence-electron chi connectivity index (χ4n) is 3.08. The lowest BCUT2D eigenvalue weighted by Crippen LogP contribution is -2.25. The maximum atomic E-state index is 3.87. The molecule has 0 radical (unpaired) electrons. The smallest absolute Gasteiger partial charge is 0.00588 e. The van der Waals surface area contributed by atoms with Crippen LogP contribution < -0.4 is 0 Å². The fourth-order valence-corrected chi connectivity index (χ4v) is 3.08. The SMILES string of the molecule is C=CC(C=C)CCC1CCC(C(C)(C)C)CC1. The van der Waals surface area contributed by atoms with Crippen LogP contribution in [0.4, 0.5) is 0 Å². The van der Waals surface area contributed by atoms with Crippen LogP contribution in [0.5, 0.6) is 0 Å². The highest BCUT2D eigenvalue weighted by atomic mass is 14.3. The van der Waals surface area contributed by atoms with E-state index in [0.717, 1.165) is 11.8 Å². The molecule has 0 aliphatic heterocycles. The normalized spacial score (nSPS) is 25.9. The molecular weight excluding hydrogens is 204 g/mol. The van der Waals surface area contributed by atoms with E-state index in [4.69, 9.17) is 0 Å². The summed E-state index contributed by atoms with van der Waals surface area (Å²) in [5.41, 5.74) is 0.510. The van der Waals surface area contributed by atoms with E-state index < -0.39 is 0 Å². The Labute approximate surface area is 108 Å². The average molecular weight is 234 g/mol. The van der Waals surface area contributed by atoms with Gasteiger partial charge in [-0.3, -0.25) is 0 Å². The Bertz CT molecular complexity index is 227. The van der Waals surface area contributed by atoms with Gasteiger partial charge in [-0.15, -0.1) is 13.2 Å². The molecule has 0 aromatic heterocycles. The highest BCUT2D eigenvalue weighted by Crippen LogP contribution is 2.41. The van der Waals surface area contributed by atoms with Gasteiger partial charge in [0.25, 0.3) is 0 Å². The highest BCUT2D eigenvalue weighted by molar-refractivity contribution is 4.92. The molecular formula is C17H30. The van der Waals surface area contributed by atoms with Crippen molar-refractivity contribution in [2.24, 2.45) is 23.2 Å². The van der Waals surface area contributed by atoms with E-state index in [9.17, 15) is 0 Å². The molecule has 0 heteroatoms. The molecule has 1 aliphatic carbocycles. The summed E-state index contributed by atoms with van der Waals surface area (Å²) in [7, 11) is 0. The van der Waals surface area contributed by atoms with E-state index in [1.54, 1.807) is 0 Å². The first-order valence-electron chi connectivity index (χ1n) is 7.22. The predicted octanol–water partition coefficient (Wildman–Crippen LogP) is 5.61. The standard InChI is InChI=1S/C17H30/c1-6-14(7-2)8-9-15-10-12-16(13-11-15)17(3,4)5/h6-7,14-16H,1-2,8-13H2,3-5H3. The topological polar surface area (TPSA) is 0 Å². The molecule has 0 amide bonds. The Balaban J connectivity index is 2.28. The molecule has 1 fully saturated rings. The van der Waals surface area contributed by atoms with Gasteiger partial charge in [-0.05, 0) is 48.9 Å². The molecule has 0 unspecified atom stereocenters. The first-order chi connectivity index (χ1) is 7.97. The number of hydrogen-bond donors (Lipinski definition) is 0. The molecule has 0 aromatic carbocycles. The van der Waals surface area contributed by atoms with Crippen molar-refractivity contribution in [1.29, 1.82) is 0 Å². The van der Waals surface area contributed by atoms with E-state index in [1.165, 1.54) is 38.5 Å². The van der Waals surface area contributed by atoms with E-state index in [-0.39, 0.29) is 0 Å². The summed E-state index contributed by atoms with van der Waals surface area (Å²) in [4.78, 5) is 0. The van der Waals surface area contributed by atoms with Crippen molar-refractivity contribution in [1.82, 2.24) is 0 Å². The molecule has 0 heterocycles. The van der Waals surface area contributed by atoms with Crippen LogP contribution in [0.3, 0.4) is 0 Å². The van der Waals surface area contributed by atoms with Crippen LogP contribution in [-0.4, -0.2) is 0 Å². The minimum Gasteiger partial charge on any atom is -0.102 e. The summed E-state index contributed by atoms with van der Waals surface area (Å²) < 4.78 is 0. The largest absolute Gasteiger partial charge is 0.102 e. The highest BCUT2D eigenvalue weighted by Gasteiger charge is 2.29. The van der Waals surface area contributed by atoms with Crippen LogP contribution in [0.15, 0.2) is 25.3 Å². The molecule has 0 atom stereocenters. The zero-order chi connectivity index (χ0) is 12.9. The lowest BCUT2D eigenvalue weighted by atomic mass is 9.69. The van der Waals surface area contributed by atoms with Crippen LogP contribution in [-0.2, 0) is 0 Å². The van der Waals surface area contributed by atoms with Gasteiger partial charge in [0.15, 0.2) is 0 Å². The van der Waals surface area contributed by atoms with Crippen LogP contribution in [0.2, 0.25) is 0 Å². The number of hydrogen-bond acceptors (Lipinski definition) is 0. The lowest BCUT2D eigenvalue weighted by Gasteiger charge is -2.37. The molecule has 1 rings (SSSR count). The van der Waals surface area contributed by atoms with Crippen molar-refractivity contribution in [2.75, 3.05) is 0 Å². The summed E-state index contributed by atoms with van der Waals surface area (Å²) in [6, 6.07) is 0. The Morgan fingerprint density at radius 3 is 2.00 bits per heavy atom. The minimum absolute atomic E-state index is 0.510. The van der Waals surface area contributed by atoms with Crippen LogP contribution in [0.1, 0.15) is 59.3 Å². The Morgan fingerprint density at radius 2 is 1.59 bits per heavy atom. The van der Waals surface area contributed by atoms with Gasteiger partial charge >= 0.3 is 0 Å². The summed E-state index contributed by atoms with van der Waals surface area (Å²) in [5, 5.41) is 0. The van der Waals surface area contributed by atoms with Gasteiger partial charge < -0.3 is 0 Å². The van der Waals surface area contributed by atoms with Crippen molar-refractivity contribution in [3.8, 4) is 0 Å². The van der Waals surface area contributed by atoms with Crippen LogP contribution in [0, 0.1) is 23.2 Å². The maximum absolute atomic E-state index is 3.87. The van der Waals surface area contributed by atoms with Crippen molar-refractivity contribution in [3.63, 3.8) is 0 Å². The van der Waals surface area contributed by atoms with Crippen LogP contribution in [0.25, 0.3) is 0 Å². The molecule has 98 valence electrons. The fraction of sp³-hybridized carbons (Fsp3) is 0.765. The second kappa shape index (κ2) is 6.42. The van der Waals surface area contributed by atoms with Gasteiger partial charge in [0.2, 0.25) is 0 Å². The minimum atomic E-state index is 0.510. The Morgan fingerprint density at radius 1 is 1.06 bits per heavy atom. The second-order valence-electron chi connectivity index (χ2n) is 6.80. The summed E-state index contributed by atoms with van der Waals surface area (Å²) in [6.45, 7) is 14.9. The summed E-state index contributed by atoms with van der Waals surface area (Å²) >= 11 is 0. The first kappa shape index (κ1) is 14.5. The van der Waals surface area contributed by atoms with Gasteiger partial charge in [0.05, 0.1) is 0 Å². The van der Waals surface area contributed by atoms with Crippen molar-refractivity contribution >= 4 is 0 Å². The molecule has 17 heavy (non-hydrogen) atoms. The molecule has 0 spiro atoms. The molecule has 0 N–H and O–H groups in total. The van der Waals surface area contributed by atoms with E-state index >= 15 is 0 Å². The Kier molecular flexibility index (Phi) is 5.49. The zero-order valence-electron chi connectivity index (χ0n) is 12.0. The molecule has 0 aromatic rings. The second-order valence-corrected chi connectivity index (χ2v) is 6.80. The van der Waals surface area contributed by atoms with Crippen molar-refractivity contribution in [3.05, 3.63) is 25.3 Å². The van der Waals surface area contributed by atoms with Gasteiger partial charge in [-0.1, -0.05) is 45.8 Å². The van der Waals surface area contributed by atoms with Gasteiger partial charge in [0, 0.05) is 0 Å². The lowest BCUT2D eigenvalue weighted by molar-refractivity contribution is 0.145. The van der Waals surface area contributed by atoms with E-state index in [2.05, 4.69) is 33.9 Å². The zero-order valence-corrected chi connectivity index (χ0v) is 12.0. The van der Waals surface area contributed by atoms with Gasteiger partial charge in [-0.2, -0.15) is 0 Å². The third kappa shape index (κ3) is 4.69. The summed E-state index contributed by atoms with van der Waals surface area (Å²) in [6.07, 6.45) is 12.4. The first-order valence-corrected chi connectivity index (χ1v) is 7.22. The van der Waals surface area contributed by atoms with E-state index in [1.807, 2.05) is 12.2 Å². The number of rotatable bonds is 5. The number of allylic oxidation sites excluding steroid dienone is 2. The summed E-state index contributed by atoms with van der Waals surface area (Å²) in [5.74, 6) is 2.42. The monoisotopic (exact) mass is 234 g/mol. The van der Waals surface area contributed by atoms with Gasteiger partial charge in [-0.25, -0.2) is 0 Å². The molecule has 1 saturated carbocycles. The van der Waals surface area contributed by atoms with Crippen molar-refractivity contribution in [2.45, 2.75) is 59.3 Å². The van der Waals surface area contributed by atoms with Gasteiger partial charge in [0.1, 0.15) is 0 Å². The quantitative estimate of drug-likeness (QED) is 0.543. The third-order valence-electron chi connectivity index (χ3n) is 4.59. The third-order valence-corrected chi connectivity index (χ3v) is 4.59. The Hall–Kier alpha value is -0.520.